The Kier molecular flexibility index (Phi) is 8.44. The van der Waals surface area contributed by atoms with Gasteiger partial charge in [0.15, 0.2) is 0 Å². The van der Waals surface area contributed by atoms with Crippen LogP contribution in [0.5, 0.6) is 0 Å². The van der Waals surface area contributed by atoms with Gasteiger partial charge < -0.3 is 4.84 Å². The number of hydrogen-bond acceptors (Lipinski definition) is 4. The molecule has 0 heterocycles. The van der Waals surface area contributed by atoms with E-state index >= 15 is 0 Å². The Balaban J connectivity index is 0. The molecule has 0 aliphatic carbocycles. The van der Waals surface area contributed by atoms with Gasteiger partial charge >= 0.3 is 10.4 Å². The predicted octanol–water partition coefficient (Wildman–Crippen LogP) is 0.189. The van der Waals surface area contributed by atoms with Gasteiger partial charge in [-0.05, 0) is 13.3 Å². The highest BCUT2D eigenvalue weighted by Crippen LogP contribution is 1.91. The summed E-state index contributed by atoms with van der Waals surface area (Å²) < 4.78 is 31.6. The third-order valence-electron chi connectivity index (χ3n) is 0.731. The van der Waals surface area contributed by atoms with Gasteiger partial charge in [-0.3, -0.25) is 9.11 Å². The van der Waals surface area contributed by atoms with E-state index in [-0.39, 0.29) is 6.10 Å². The van der Waals surface area contributed by atoms with E-state index in [1.54, 1.807) is 6.08 Å². The normalized spacial score (nSPS) is 12.7. The molecule has 1 atom stereocenters. The fourth-order valence-corrected chi connectivity index (χ4v) is 0.290. The molecule has 0 saturated carbocycles. The molecule has 0 amide bonds. The van der Waals surface area contributed by atoms with Gasteiger partial charge in [-0.1, -0.05) is 6.08 Å². The topological polar surface area (TPSA) is 110 Å². The monoisotopic (exact) mass is 199 g/mol. The van der Waals surface area contributed by atoms with Gasteiger partial charge in [0.2, 0.25) is 0 Å². The summed E-state index contributed by atoms with van der Waals surface area (Å²) >= 11 is 0. The lowest BCUT2D eigenvalue weighted by atomic mass is 10.3. The highest BCUT2D eigenvalue weighted by molar-refractivity contribution is 7.79. The molecule has 6 nitrogen and oxygen atoms in total. The minimum absolute atomic E-state index is 0.109. The van der Waals surface area contributed by atoms with E-state index in [2.05, 4.69) is 11.4 Å². The van der Waals surface area contributed by atoms with Crippen molar-refractivity contribution in [3.8, 4) is 0 Å². The largest absolute Gasteiger partial charge is 0.394 e. The van der Waals surface area contributed by atoms with Gasteiger partial charge in [0.25, 0.3) is 0 Å². The summed E-state index contributed by atoms with van der Waals surface area (Å²) in [5.74, 6) is 4.81. The van der Waals surface area contributed by atoms with E-state index < -0.39 is 10.4 Å². The second-order valence-corrected chi connectivity index (χ2v) is 2.81. The second-order valence-electron chi connectivity index (χ2n) is 1.92. The van der Waals surface area contributed by atoms with Gasteiger partial charge in [0, 0.05) is 0 Å². The summed E-state index contributed by atoms with van der Waals surface area (Å²) in [6.07, 6.45) is 2.70. The summed E-state index contributed by atoms with van der Waals surface area (Å²) in [5.41, 5.74) is 0. The molecule has 1 unspecified atom stereocenters. The molecule has 0 bridgehead atoms. The fourth-order valence-electron chi connectivity index (χ4n) is 0.290. The first kappa shape index (κ1) is 14.1. The summed E-state index contributed by atoms with van der Waals surface area (Å²) in [4.78, 5) is 4.42. The van der Waals surface area contributed by atoms with Crippen molar-refractivity contribution in [3.05, 3.63) is 12.7 Å². The summed E-state index contributed by atoms with van der Waals surface area (Å²) in [6, 6.07) is 0. The third-order valence-corrected chi connectivity index (χ3v) is 0.731. The molecule has 12 heavy (non-hydrogen) atoms. The standard InChI is InChI=1S/C5H11NO.H2O4S/c1-3-4-5(2)7-6;1-5(2,3)4/h3,5H,1,4,6H2,2H3;(H2,1,2,3,4). The Morgan fingerprint density at radius 1 is 1.67 bits per heavy atom. The van der Waals surface area contributed by atoms with E-state index in [9.17, 15) is 0 Å². The quantitative estimate of drug-likeness (QED) is 0.340. The highest BCUT2D eigenvalue weighted by atomic mass is 32.3. The first-order valence-corrected chi connectivity index (χ1v) is 4.37. The fraction of sp³-hybridized carbons (Fsp3) is 0.600. The van der Waals surface area contributed by atoms with Crippen LogP contribution in [0, 0.1) is 0 Å². The summed E-state index contributed by atoms with van der Waals surface area (Å²) in [5, 5.41) is 0. The molecule has 0 aromatic heterocycles. The number of rotatable bonds is 3. The average Bonchev–Trinajstić information content (AvgIpc) is 1.85. The second kappa shape index (κ2) is 7.19. The lowest BCUT2D eigenvalue weighted by molar-refractivity contribution is 0.0690. The van der Waals surface area contributed by atoms with Gasteiger partial charge in [-0.15, -0.1) is 6.58 Å². The summed E-state index contributed by atoms with van der Waals surface area (Å²) in [7, 11) is -4.67. The van der Waals surface area contributed by atoms with Crippen molar-refractivity contribution in [1.29, 1.82) is 0 Å². The van der Waals surface area contributed by atoms with E-state index in [0.717, 1.165) is 6.42 Å². The van der Waals surface area contributed by atoms with Crippen LogP contribution >= 0.6 is 0 Å². The van der Waals surface area contributed by atoms with Crippen molar-refractivity contribution in [2.24, 2.45) is 5.90 Å². The van der Waals surface area contributed by atoms with Crippen molar-refractivity contribution < 1.29 is 22.4 Å². The van der Waals surface area contributed by atoms with Crippen LogP contribution in [0.1, 0.15) is 13.3 Å². The van der Waals surface area contributed by atoms with Crippen LogP contribution in [0.2, 0.25) is 0 Å². The van der Waals surface area contributed by atoms with E-state index in [1.165, 1.54) is 0 Å². The molecular weight excluding hydrogens is 186 g/mol. The van der Waals surface area contributed by atoms with Crippen molar-refractivity contribution in [2.75, 3.05) is 0 Å². The lowest BCUT2D eigenvalue weighted by Gasteiger charge is -2.01. The molecule has 0 aliphatic heterocycles. The zero-order valence-electron chi connectivity index (χ0n) is 6.67. The minimum Gasteiger partial charge on any atom is -0.301 e. The smallest absolute Gasteiger partial charge is 0.301 e. The van der Waals surface area contributed by atoms with Crippen molar-refractivity contribution in [2.45, 2.75) is 19.4 Å². The molecule has 0 saturated heterocycles. The predicted molar refractivity (Wildman–Crippen MR) is 43.7 cm³/mol. The van der Waals surface area contributed by atoms with Crippen molar-refractivity contribution in [1.82, 2.24) is 0 Å². The molecule has 4 N–H and O–H groups in total. The molecule has 0 aromatic carbocycles. The van der Waals surface area contributed by atoms with Crippen LogP contribution < -0.4 is 5.90 Å². The van der Waals surface area contributed by atoms with E-state index in [4.69, 9.17) is 23.4 Å². The molecule has 0 rings (SSSR count). The summed E-state index contributed by atoms with van der Waals surface area (Å²) in [6.45, 7) is 5.40. The van der Waals surface area contributed by atoms with Crippen molar-refractivity contribution in [3.63, 3.8) is 0 Å². The van der Waals surface area contributed by atoms with Crippen LogP contribution in [0.3, 0.4) is 0 Å². The molecule has 0 fully saturated rings. The number of nitrogens with two attached hydrogens (primary N) is 1. The maximum atomic E-state index is 8.74. The Morgan fingerprint density at radius 3 is 2.08 bits per heavy atom. The van der Waals surface area contributed by atoms with Crippen molar-refractivity contribution >= 4 is 10.4 Å². The maximum absolute atomic E-state index is 8.74. The van der Waals surface area contributed by atoms with Crippen LogP contribution in [0.25, 0.3) is 0 Å². The molecule has 0 aromatic rings. The highest BCUT2D eigenvalue weighted by Gasteiger charge is 1.91. The van der Waals surface area contributed by atoms with Crippen LogP contribution in [0.4, 0.5) is 0 Å². The lowest BCUT2D eigenvalue weighted by Crippen LogP contribution is -2.11. The van der Waals surface area contributed by atoms with Crippen LogP contribution in [0.15, 0.2) is 12.7 Å². The zero-order chi connectivity index (χ0) is 10.2. The van der Waals surface area contributed by atoms with E-state index in [1.807, 2.05) is 6.92 Å². The average molecular weight is 199 g/mol. The molecule has 0 radical (unpaired) electrons. The first-order valence-electron chi connectivity index (χ1n) is 2.97. The molecule has 0 spiro atoms. The Bertz CT molecular complexity index is 192. The number of hydrogen-bond donors (Lipinski definition) is 3. The minimum atomic E-state index is -4.67. The Labute approximate surface area is 71.6 Å². The van der Waals surface area contributed by atoms with Gasteiger partial charge in [0.05, 0.1) is 6.10 Å². The van der Waals surface area contributed by atoms with Gasteiger partial charge in [-0.2, -0.15) is 8.42 Å². The van der Waals surface area contributed by atoms with E-state index in [0.29, 0.717) is 0 Å². The Hall–Kier alpha value is -0.470. The zero-order valence-corrected chi connectivity index (χ0v) is 7.49. The molecular formula is C5H13NO5S. The van der Waals surface area contributed by atoms with Gasteiger partial charge in [-0.25, -0.2) is 5.90 Å². The maximum Gasteiger partial charge on any atom is 0.394 e. The van der Waals surface area contributed by atoms with Crippen LogP contribution in [-0.2, 0) is 15.2 Å². The van der Waals surface area contributed by atoms with Crippen LogP contribution in [-0.4, -0.2) is 23.6 Å². The molecule has 74 valence electrons. The third kappa shape index (κ3) is 33.8. The Morgan fingerprint density at radius 2 is 2.00 bits per heavy atom. The molecule has 0 aliphatic rings. The SMILES string of the molecule is C=CCC(C)ON.O=S(=O)(O)O. The first-order chi connectivity index (χ1) is 5.31. The van der Waals surface area contributed by atoms with Gasteiger partial charge in [0.1, 0.15) is 0 Å². The molecule has 7 heteroatoms.